The van der Waals surface area contributed by atoms with Crippen molar-refractivity contribution in [3.05, 3.63) is 0 Å². The molecule has 0 bridgehead atoms. The monoisotopic (exact) mass is 371 g/mol. The summed E-state index contributed by atoms with van der Waals surface area (Å²) >= 11 is 0. The standard InChI is InChI=1S/C20H39N2O4/c1-17(2)11-15(12-18(3,4)21(17)23)25-9-10-26-16-13-19(5,6)22(24)20(7,8)14-16/h15-16,23H,9-14H2,1-8H3. The minimum Gasteiger partial charge on any atom is -0.376 e. The predicted molar refractivity (Wildman–Crippen MR) is 100 cm³/mol. The van der Waals surface area contributed by atoms with E-state index in [4.69, 9.17) is 9.47 Å². The summed E-state index contributed by atoms with van der Waals surface area (Å²) in [6.45, 7) is 17.2. The Kier molecular flexibility index (Phi) is 6.19. The Morgan fingerprint density at radius 1 is 0.731 bits per heavy atom. The van der Waals surface area contributed by atoms with E-state index in [1.807, 2.05) is 55.4 Å². The molecule has 0 aromatic heterocycles. The van der Waals surface area contributed by atoms with Gasteiger partial charge in [0.05, 0.1) is 25.4 Å². The third-order valence-electron chi connectivity index (χ3n) is 5.95. The van der Waals surface area contributed by atoms with Crippen molar-refractivity contribution in [3.63, 3.8) is 0 Å². The number of nitrogens with zero attached hydrogens (tertiary/aromatic N) is 2. The molecule has 0 saturated carbocycles. The molecule has 0 aromatic carbocycles. The molecule has 2 rings (SSSR count). The fourth-order valence-corrected chi connectivity index (χ4v) is 5.02. The van der Waals surface area contributed by atoms with Crippen LogP contribution in [0.1, 0.15) is 81.1 Å². The van der Waals surface area contributed by atoms with Crippen molar-refractivity contribution in [1.29, 1.82) is 0 Å². The zero-order chi connectivity index (χ0) is 20.0. The van der Waals surface area contributed by atoms with Crippen LogP contribution in [-0.2, 0) is 14.7 Å². The van der Waals surface area contributed by atoms with Gasteiger partial charge in [-0.2, -0.15) is 5.06 Å². The van der Waals surface area contributed by atoms with E-state index in [2.05, 4.69) is 0 Å². The Labute approximate surface area is 159 Å². The van der Waals surface area contributed by atoms with E-state index in [1.165, 1.54) is 10.1 Å². The first-order valence-electron chi connectivity index (χ1n) is 9.87. The van der Waals surface area contributed by atoms with E-state index in [0.717, 1.165) is 25.7 Å². The van der Waals surface area contributed by atoms with Gasteiger partial charge in [-0.25, -0.2) is 0 Å². The molecule has 0 atom stereocenters. The maximum atomic E-state index is 12.4. The highest BCUT2D eigenvalue weighted by Crippen LogP contribution is 2.39. The molecule has 26 heavy (non-hydrogen) atoms. The van der Waals surface area contributed by atoms with Crippen LogP contribution in [0.3, 0.4) is 0 Å². The van der Waals surface area contributed by atoms with Crippen molar-refractivity contribution < 1.29 is 19.9 Å². The van der Waals surface area contributed by atoms with E-state index >= 15 is 0 Å². The molecule has 6 heteroatoms. The first kappa shape index (κ1) is 22.1. The number of rotatable bonds is 5. The minimum absolute atomic E-state index is 0.0842. The largest absolute Gasteiger partial charge is 0.376 e. The minimum atomic E-state index is -0.407. The van der Waals surface area contributed by atoms with Crippen molar-refractivity contribution in [1.82, 2.24) is 10.1 Å². The Balaban J connectivity index is 1.80. The second-order valence-corrected chi connectivity index (χ2v) is 10.7. The molecule has 2 aliphatic heterocycles. The van der Waals surface area contributed by atoms with E-state index in [-0.39, 0.29) is 23.3 Å². The average Bonchev–Trinajstić information content (AvgIpc) is 2.45. The van der Waals surface area contributed by atoms with Gasteiger partial charge in [-0.1, -0.05) is 0 Å². The van der Waals surface area contributed by atoms with E-state index in [0.29, 0.717) is 13.2 Å². The van der Waals surface area contributed by atoms with E-state index in [1.54, 1.807) is 0 Å². The van der Waals surface area contributed by atoms with Gasteiger partial charge in [-0.15, -0.1) is 10.3 Å². The topological polar surface area (TPSA) is 65.1 Å². The highest BCUT2D eigenvalue weighted by atomic mass is 16.5. The molecule has 1 N–H and O–H groups in total. The van der Waals surface area contributed by atoms with Crippen LogP contribution in [0.25, 0.3) is 0 Å². The average molecular weight is 372 g/mol. The summed E-state index contributed by atoms with van der Waals surface area (Å²) < 4.78 is 12.2. The number of hydrogen-bond donors (Lipinski definition) is 1. The zero-order valence-corrected chi connectivity index (χ0v) is 18.0. The fraction of sp³-hybridized carbons (Fsp3) is 1.00. The van der Waals surface area contributed by atoms with Crippen LogP contribution in [0, 0.1) is 0 Å². The number of piperidine rings is 2. The highest BCUT2D eigenvalue weighted by Gasteiger charge is 2.47. The van der Waals surface area contributed by atoms with E-state index < -0.39 is 11.1 Å². The maximum Gasteiger partial charge on any atom is 0.0704 e. The van der Waals surface area contributed by atoms with E-state index in [9.17, 15) is 10.4 Å². The van der Waals surface area contributed by atoms with Gasteiger partial charge in [0.2, 0.25) is 0 Å². The predicted octanol–water partition coefficient (Wildman–Crippen LogP) is 3.80. The molecular weight excluding hydrogens is 332 g/mol. The lowest BCUT2D eigenvalue weighted by atomic mass is 9.80. The lowest BCUT2D eigenvalue weighted by Gasteiger charge is -2.51. The molecule has 2 aliphatic rings. The molecule has 6 nitrogen and oxygen atoms in total. The van der Waals surface area contributed by atoms with Crippen LogP contribution < -0.4 is 0 Å². The van der Waals surface area contributed by atoms with Crippen LogP contribution in [0.5, 0.6) is 0 Å². The van der Waals surface area contributed by atoms with Crippen molar-refractivity contribution in [2.24, 2.45) is 0 Å². The molecule has 0 unspecified atom stereocenters. The molecule has 1 radical (unpaired) electrons. The fourth-order valence-electron chi connectivity index (χ4n) is 5.02. The molecule has 153 valence electrons. The quantitative estimate of drug-likeness (QED) is 0.745. The molecule has 2 heterocycles. The molecule has 2 fully saturated rings. The second kappa shape index (κ2) is 7.30. The number of hydrogen-bond acceptors (Lipinski definition) is 5. The third kappa shape index (κ3) is 4.78. The summed E-state index contributed by atoms with van der Waals surface area (Å²) in [4.78, 5) is 0. The Hall–Kier alpha value is -0.240. The van der Waals surface area contributed by atoms with Crippen LogP contribution >= 0.6 is 0 Å². The van der Waals surface area contributed by atoms with Gasteiger partial charge in [0.25, 0.3) is 0 Å². The smallest absolute Gasteiger partial charge is 0.0704 e. The van der Waals surface area contributed by atoms with Crippen molar-refractivity contribution in [2.45, 2.75) is 115 Å². The lowest BCUT2D eigenvalue weighted by molar-refractivity contribution is -0.301. The first-order valence-corrected chi connectivity index (χ1v) is 9.87. The number of hydroxylamine groups is 4. The van der Waals surface area contributed by atoms with Crippen molar-refractivity contribution in [3.8, 4) is 0 Å². The molecular formula is C20H39N2O4. The van der Waals surface area contributed by atoms with Crippen molar-refractivity contribution >= 4 is 0 Å². The summed E-state index contributed by atoms with van der Waals surface area (Å²) in [7, 11) is 0. The van der Waals surface area contributed by atoms with Gasteiger partial charge < -0.3 is 14.7 Å². The van der Waals surface area contributed by atoms with Crippen LogP contribution in [0.15, 0.2) is 0 Å². The molecule has 2 saturated heterocycles. The van der Waals surface area contributed by atoms with Crippen LogP contribution in [0.2, 0.25) is 0 Å². The van der Waals surface area contributed by atoms with Gasteiger partial charge >= 0.3 is 0 Å². The van der Waals surface area contributed by atoms with Gasteiger partial charge in [0, 0.05) is 22.2 Å². The molecule has 0 aliphatic carbocycles. The summed E-state index contributed by atoms with van der Waals surface area (Å²) in [6.07, 6.45) is 3.26. The van der Waals surface area contributed by atoms with Gasteiger partial charge in [0.1, 0.15) is 0 Å². The van der Waals surface area contributed by atoms with Gasteiger partial charge in [-0.05, 0) is 81.1 Å². The normalized spacial score (nSPS) is 29.8. The van der Waals surface area contributed by atoms with Gasteiger partial charge in [-0.3, -0.25) is 0 Å². The number of ether oxygens (including phenoxy) is 2. The molecule has 0 aromatic rings. The summed E-state index contributed by atoms with van der Waals surface area (Å²) in [5.74, 6) is 0. The summed E-state index contributed by atoms with van der Waals surface area (Å²) in [5, 5.41) is 25.5. The maximum absolute atomic E-state index is 12.4. The van der Waals surface area contributed by atoms with Crippen LogP contribution in [0.4, 0.5) is 0 Å². The molecule has 0 amide bonds. The first-order chi connectivity index (χ1) is 11.7. The Morgan fingerprint density at radius 3 is 1.38 bits per heavy atom. The third-order valence-corrected chi connectivity index (χ3v) is 5.95. The van der Waals surface area contributed by atoms with Gasteiger partial charge in [0.15, 0.2) is 0 Å². The second-order valence-electron chi connectivity index (χ2n) is 10.7. The Morgan fingerprint density at radius 2 is 1.04 bits per heavy atom. The zero-order valence-electron chi connectivity index (χ0n) is 18.0. The Bertz CT molecular complexity index is 410. The van der Waals surface area contributed by atoms with Crippen LogP contribution in [-0.4, -0.2) is 62.9 Å². The highest BCUT2D eigenvalue weighted by molar-refractivity contribution is 4.97. The van der Waals surface area contributed by atoms with Crippen molar-refractivity contribution in [2.75, 3.05) is 13.2 Å². The molecule has 0 spiro atoms. The summed E-state index contributed by atoms with van der Waals surface area (Å²) in [6, 6.07) is 0. The SMILES string of the molecule is CC1(C)CC(OCCOC2CC(C)(C)N(O)C(C)(C)C2)CC(C)(C)N1[O]. The summed E-state index contributed by atoms with van der Waals surface area (Å²) in [5.41, 5.74) is -1.42. The lowest BCUT2D eigenvalue weighted by Crippen LogP contribution is -2.60.